The molecule has 0 amide bonds. The lowest BCUT2D eigenvalue weighted by molar-refractivity contribution is 1.08. The maximum atomic E-state index is 5.67. The first-order chi connectivity index (χ1) is 9.29. The van der Waals surface area contributed by atoms with E-state index in [9.17, 15) is 0 Å². The fraction of sp³-hybridized carbons (Fsp3) is 0.118. The van der Waals surface area contributed by atoms with Crippen LogP contribution < -0.4 is 5.73 Å². The molecule has 19 heavy (non-hydrogen) atoms. The SMILES string of the molecule is Cc1ccc(/C(C=NCc2ccccc2)=C/N)cc1. The highest BCUT2D eigenvalue weighted by atomic mass is 14.7. The lowest BCUT2D eigenvalue weighted by atomic mass is 10.1. The van der Waals surface area contributed by atoms with Crippen molar-refractivity contribution >= 4 is 11.8 Å². The second-order valence-electron chi connectivity index (χ2n) is 4.44. The number of nitrogens with two attached hydrogens (primary N) is 1. The maximum Gasteiger partial charge on any atom is 0.0639 e. The van der Waals surface area contributed by atoms with Gasteiger partial charge in [-0.2, -0.15) is 0 Å². The summed E-state index contributed by atoms with van der Waals surface area (Å²) in [6, 6.07) is 18.4. The Balaban J connectivity index is 2.06. The van der Waals surface area contributed by atoms with Crippen LogP contribution in [0.5, 0.6) is 0 Å². The van der Waals surface area contributed by atoms with E-state index in [-0.39, 0.29) is 0 Å². The van der Waals surface area contributed by atoms with Gasteiger partial charge in [0.05, 0.1) is 6.54 Å². The van der Waals surface area contributed by atoms with Gasteiger partial charge in [0.25, 0.3) is 0 Å². The molecule has 2 aromatic carbocycles. The lowest BCUT2D eigenvalue weighted by Gasteiger charge is -2.02. The number of nitrogens with zero attached hydrogens (tertiary/aromatic N) is 1. The number of benzene rings is 2. The van der Waals surface area contributed by atoms with E-state index in [2.05, 4.69) is 48.3 Å². The topological polar surface area (TPSA) is 38.4 Å². The van der Waals surface area contributed by atoms with Gasteiger partial charge in [-0.3, -0.25) is 4.99 Å². The average molecular weight is 250 g/mol. The molecule has 2 N–H and O–H groups in total. The van der Waals surface area contributed by atoms with Crippen molar-refractivity contribution in [3.05, 3.63) is 77.5 Å². The maximum absolute atomic E-state index is 5.67. The number of aryl methyl sites for hydroxylation is 1. The Morgan fingerprint density at radius 3 is 2.37 bits per heavy atom. The van der Waals surface area contributed by atoms with Gasteiger partial charge in [-0.1, -0.05) is 60.2 Å². The fourth-order valence-electron chi connectivity index (χ4n) is 1.79. The molecule has 0 fully saturated rings. The van der Waals surface area contributed by atoms with E-state index < -0.39 is 0 Å². The molecule has 0 atom stereocenters. The predicted molar refractivity (Wildman–Crippen MR) is 82.0 cm³/mol. The van der Waals surface area contributed by atoms with Gasteiger partial charge in [0.2, 0.25) is 0 Å². The number of rotatable bonds is 4. The van der Waals surface area contributed by atoms with Gasteiger partial charge in [0.15, 0.2) is 0 Å². The van der Waals surface area contributed by atoms with Crippen molar-refractivity contribution < 1.29 is 0 Å². The van der Waals surface area contributed by atoms with Crippen molar-refractivity contribution in [2.24, 2.45) is 10.7 Å². The van der Waals surface area contributed by atoms with Crippen molar-refractivity contribution in [3.63, 3.8) is 0 Å². The Bertz CT molecular complexity index is 566. The van der Waals surface area contributed by atoms with Crippen LogP contribution in [0.25, 0.3) is 5.57 Å². The lowest BCUT2D eigenvalue weighted by Crippen LogP contribution is -1.92. The van der Waals surface area contributed by atoms with Crippen molar-refractivity contribution in [2.75, 3.05) is 0 Å². The molecule has 0 bridgehead atoms. The van der Waals surface area contributed by atoms with Crippen LogP contribution in [0.2, 0.25) is 0 Å². The third-order valence-corrected chi connectivity index (χ3v) is 2.91. The summed E-state index contributed by atoms with van der Waals surface area (Å²) in [5.74, 6) is 0. The van der Waals surface area contributed by atoms with Crippen molar-refractivity contribution in [3.8, 4) is 0 Å². The molecule has 2 nitrogen and oxygen atoms in total. The quantitative estimate of drug-likeness (QED) is 0.828. The van der Waals surface area contributed by atoms with Crippen LogP contribution in [-0.4, -0.2) is 6.21 Å². The highest BCUT2D eigenvalue weighted by Crippen LogP contribution is 2.12. The van der Waals surface area contributed by atoms with E-state index in [4.69, 9.17) is 5.73 Å². The Morgan fingerprint density at radius 2 is 1.74 bits per heavy atom. The van der Waals surface area contributed by atoms with Crippen LogP contribution in [0.4, 0.5) is 0 Å². The summed E-state index contributed by atoms with van der Waals surface area (Å²) in [4.78, 5) is 4.44. The highest BCUT2D eigenvalue weighted by molar-refractivity contribution is 6.09. The zero-order valence-electron chi connectivity index (χ0n) is 11.1. The molecule has 0 saturated carbocycles. The number of hydrogen-bond donors (Lipinski definition) is 1. The zero-order valence-corrected chi connectivity index (χ0v) is 11.1. The van der Waals surface area contributed by atoms with Crippen molar-refractivity contribution in [1.29, 1.82) is 0 Å². The van der Waals surface area contributed by atoms with Gasteiger partial charge in [0.1, 0.15) is 0 Å². The summed E-state index contributed by atoms with van der Waals surface area (Å²) in [7, 11) is 0. The first-order valence-corrected chi connectivity index (χ1v) is 6.32. The molecular weight excluding hydrogens is 232 g/mol. The van der Waals surface area contributed by atoms with E-state index in [0.29, 0.717) is 6.54 Å². The van der Waals surface area contributed by atoms with Crippen LogP contribution in [0.1, 0.15) is 16.7 Å². The average Bonchev–Trinajstić information content (AvgIpc) is 2.46. The molecule has 0 aliphatic carbocycles. The Kier molecular flexibility index (Phi) is 4.51. The van der Waals surface area contributed by atoms with Crippen LogP contribution in [-0.2, 0) is 6.54 Å². The smallest absolute Gasteiger partial charge is 0.0639 e. The Hall–Kier alpha value is -2.35. The monoisotopic (exact) mass is 250 g/mol. The number of hydrogen-bond acceptors (Lipinski definition) is 2. The molecule has 0 aliphatic heterocycles. The predicted octanol–water partition coefficient (Wildman–Crippen LogP) is 3.57. The van der Waals surface area contributed by atoms with Crippen LogP contribution >= 0.6 is 0 Å². The molecule has 2 aromatic rings. The van der Waals surface area contributed by atoms with Gasteiger partial charge >= 0.3 is 0 Å². The summed E-state index contributed by atoms with van der Waals surface area (Å²) < 4.78 is 0. The first-order valence-electron chi connectivity index (χ1n) is 6.32. The van der Waals surface area contributed by atoms with Crippen LogP contribution in [0.15, 0.2) is 65.8 Å². The number of aliphatic imine (C=N–C) groups is 1. The molecule has 0 heterocycles. The van der Waals surface area contributed by atoms with Gasteiger partial charge < -0.3 is 5.73 Å². The second kappa shape index (κ2) is 6.55. The molecule has 0 aromatic heterocycles. The summed E-state index contributed by atoms with van der Waals surface area (Å²) in [5, 5.41) is 0. The molecule has 0 unspecified atom stereocenters. The molecule has 0 spiro atoms. The van der Waals surface area contributed by atoms with E-state index in [1.807, 2.05) is 24.4 Å². The molecule has 0 radical (unpaired) electrons. The first kappa shape index (κ1) is 13.1. The number of allylic oxidation sites excluding steroid dienone is 1. The molecule has 2 rings (SSSR count). The minimum atomic E-state index is 0.671. The van der Waals surface area contributed by atoms with Crippen LogP contribution in [0, 0.1) is 6.92 Å². The van der Waals surface area contributed by atoms with Gasteiger partial charge in [-0.05, 0) is 18.1 Å². The van der Waals surface area contributed by atoms with E-state index in [1.54, 1.807) is 6.20 Å². The molecule has 0 saturated heterocycles. The largest absolute Gasteiger partial charge is 0.404 e. The molecule has 0 aliphatic rings. The highest BCUT2D eigenvalue weighted by Gasteiger charge is 1.97. The third kappa shape index (κ3) is 3.81. The van der Waals surface area contributed by atoms with Gasteiger partial charge in [0, 0.05) is 18.0 Å². The summed E-state index contributed by atoms with van der Waals surface area (Å²) >= 11 is 0. The van der Waals surface area contributed by atoms with Crippen molar-refractivity contribution in [1.82, 2.24) is 0 Å². The minimum Gasteiger partial charge on any atom is -0.404 e. The molecule has 96 valence electrons. The second-order valence-corrected chi connectivity index (χ2v) is 4.44. The van der Waals surface area contributed by atoms with Crippen LogP contribution in [0.3, 0.4) is 0 Å². The zero-order chi connectivity index (χ0) is 13.5. The van der Waals surface area contributed by atoms with Gasteiger partial charge in [-0.25, -0.2) is 0 Å². The van der Waals surface area contributed by atoms with Gasteiger partial charge in [-0.15, -0.1) is 0 Å². The minimum absolute atomic E-state index is 0.671. The van der Waals surface area contributed by atoms with Crippen molar-refractivity contribution in [2.45, 2.75) is 13.5 Å². The fourth-order valence-corrected chi connectivity index (χ4v) is 1.79. The van der Waals surface area contributed by atoms with E-state index in [1.165, 1.54) is 11.1 Å². The third-order valence-electron chi connectivity index (χ3n) is 2.91. The Labute approximate surface area is 114 Å². The summed E-state index contributed by atoms with van der Waals surface area (Å²) in [6.07, 6.45) is 3.43. The summed E-state index contributed by atoms with van der Waals surface area (Å²) in [6.45, 7) is 2.74. The molecular formula is C17H18N2. The normalized spacial score (nSPS) is 11.9. The standard InChI is InChI=1S/C17H18N2/c1-14-7-9-16(10-8-14)17(11-18)13-19-12-15-5-3-2-4-6-15/h2-11,13H,12,18H2,1H3/b17-11+,19-13?. The summed E-state index contributed by atoms with van der Waals surface area (Å²) in [5.41, 5.74) is 10.1. The Morgan fingerprint density at radius 1 is 1.05 bits per heavy atom. The van der Waals surface area contributed by atoms with E-state index in [0.717, 1.165) is 11.1 Å². The van der Waals surface area contributed by atoms with E-state index >= 15 is 0 Å². The molecule has 2 heteroatoms.